The van der Waals surface area contributed by atoms with Gasteiger partial charge in [-0.3, -0.25) is 4.79 Å². The van der Waals surface area contributed by atoms with Crippen LogP contribution in [0.1, 0.15) is 29.9 Å². The molecule has 0 saturated heterocycles. The Balaban J connectivity index is 1.89. The van der Waals surface area contributed by atoms with Crippen molar-refractivity contribution in [1.29, 1.82) is 0 Å². The lowest BCUT2D eigenvalue weighted by Crippen LogP contribution is -2.38. The van der Waals surface area contributed by atoms with Crippen LogP contribution in [0.25, 0.3) is 0 Å². The number of tetrazole rings is 1. The van der Waals surface area contributed by atoms with E-state index in [1.54, 1.807) is 24.0 Å². The average molecular weight is 367 g/mol. The van der Waals surface area contributed by atoms with E-state index in [1.165, 1.54) is 16.8 Å². The van der Waals surface area contributed by atoms with Crippen LogP contribution in [0.3, 0.4) is 0 Å². The first-order valence-electron chi connectivity index (χ1n) is 8.90. The van der Waals surface area contributed by atoms with Gasteiger partial charge in [-0.15, -0.1) is 5.10 Å². The van der Waals surface area contributed by atoms with Gasteiger partial charge >= 0.3 is 0 Å². The Labute approximate surface area is 157 Å². The highest BCUT2D eigenvalue weighted by Crippen LogP contribution is 2.20. The molecular formula is C20H22FN5O. The summed E-state index contributed by atoms with van der Waals surface area (Å²) < 4.78 is 15.1. The van der Waals surface area contributed by atoms with Crippen molar-refractivity contribution in [3.05, 3.63) is 77.4 Å². The Morgan fingerprint density at radius 2 is 1.89 bits per heavy atom. The maximum atomic E-state index is 13.6. The summed E-state index contributed by atoms with van der Waals surface area (Å²) in [6, 6.07) is 15.4. The van der Waals surface area contributed by atoms with Crippen molar-refractivity contribution in [2.24, 2.45) is 0 Å². The maximum absolute atomic E-state index is 13.6. The summed E-state index contributed by atoms with van der Waals surface area (Å²) in [4.78, 5) is 15.1. The van der Waals surface area contributed by atoms with E-state index in [0.717, 1.165) is 11.1 Å². The summed E-state index contributed by atoms with van der Waals surface area (Å²) in [5, 5.41) is 11.6. The Hall–Kier alpha value is -3.09. The van der Waals surface area contributed by atoms with Gasteiger partial charge in [-0.05, 0) is 47.5 Å². The summed E-state index contributed by atoms with van der Waals surface area (Å²) >= 11 is 0. The molecule has 0 fully saturated rings. The second-order valence-electron chi connectivity index (χ2n) is 6.36. The zero-order valence-electron chi connectivity index (χ0n) is 15.4. The van der Waals surface area contributed by atoms with Crippen LogP contribution >= 0.6 is 0 Å². The lowest BCUT2D eigenvalue weighted by molar-refractivity contribution is -0.135. The molecule has 6 nitrogen and oxygen atoms in total. The van der Waals surface area contributed by atoms with Crippen molar-refractivity contribution in [2.75, 3.05) is 6.54 Å². The monoisotopic (exact) mass is 367 g/mol. The van der Waals surface area contributed by atoms with Crippen LogP contribution in [0.2, 0.25) is 0 Å². The summed E-state index contributed by atoms with van der Waals surface area (Å²) in [6.45, 7) is 4.73. The number of nitrogens with zero attached hydrogens (tertiary/aromatic N) is 5. The number of hydrogen-bond donors (Lipinski definition) is 0. The highest BCUT2D eigenvalue weighted by molar-refractivity contribution is 5.80. The van der Waals surface area contributed by atoms with Gasteiger partial charge in [0.25, 0.3) is 0 Å². The van der Waals surface area contributed by atoms with Crippen molar-refractivity contribution in [3.63, 3.8) is 0 Å². The number of benzene rings is 2. The molecule has 1 aromatic heterocycles. The SMILES string of the molecule is CCN(Cc1ccccc1)C(=O)C(Cc1cccc(F)c1)n1nnnc1C. The largest absolute Gasteiger partial charge is 0.337 e. The first-order valence-corrected chi connectivity index (χ1v) is 8.90. The van der Waals surface area contributed by atoms with E-state index in [1.807, 2.05) is 37.3 Å². The molecule has 140 valence electrons. The first-order chi connectivity index (χ1) is 13.1. The molecule has 1 unspecified atom stereocenters. The van der Waals surface area contributed by atoms with Gasteiger partial charge < -0.3 is 4.90 Å². The third-order valence-electron chi connectivity index (χ3n) is 4.47. The van der Waals surface area contributed by atoms with Gasteiger partial charge in [-0.2, -0.15) is 0 Å². The van der Waals surface area contributed by atoms with E-state index in [0.29, 0.717) is 25.3 Å². The number of halogens is 1. The van der Waals surface area contributed by atoms with Crippen LogP contribution in [0.4, 0.5) is 4.39 Å². The fourth-order valence-corrected chi connectivity index (χ4v) is 3.05. The number of aryl methyl sites for hydroxylation is 1. The van der Waals surface area contributed by atoms with Crippen molar-refractivity contribution in [1.82, 2.24) is 25.1 Å². The minimum Gasteiger partial charge on any atom is -0.337 e. The molecule has 0 saturated carbocycles. The number of aromatic nitrogens is 4. The zero-order chi connectivity index (χ0) is 19.2. The molecule has 0 aliphatic heterocycles. The molecule has 0 aliphatic rings. The smallest absolute Gasteiger partial charge is 0.248 e. The lowest BCUT2D eigenvalue weighted by atomic mass is 10.0. The second-order valence-corrected chi connectivity index (χ2v) is 6.36. The maximum Gasteiger partial charge on any atom is 0.248 e. The van der Waals surface area contributed by atoms with E-state index >= 15 is 0 Å². The Kier molecular flexibility index (Phi) is 5.90. The number of amides is 1. The zero-order valence-corrected chi connectivity index (χ0v) is 15.4. The summed E-state index contributed by atoms with van der Waals surface area (Å²) in [7, 11) is 0. The fraction of sp³-hybridized carbons (Fsp3) is 0.300. The fourth-order valence-electron chi connectivity index (χ4n) is 3.05. The molecule has 1 heterocycles. The molecule has 7 heteroatoms. The molecule has 0 bridgehead atoms. The first kappa shape index (κ1) is 18.7. The van der Waals surface area contributed by atoms with Crippen molar-refractivity contribution >= 4 is 5.91 Å². The predicted molar refractivity (Wildman–Crippen MR) is 99.2 cm³/mol. The van der Waals surface area contributed by atoms with E-state index in [2.05, 4.69) is 15.5 Å². The predicted octanol–water partition coefficient (Wildman–Crippen LogP) is 2.95. The highest BCUT2D eigenvalue weighted by atomic mass is 19.1. The van der Waals surface area contributed by atoms with Crippen LogP contribution < -0.4 is 0 Å². The number of carbonyl (C=O) groups excluding carboxylic acids is 1. The van der Waals surface area contributed by atoms with Gasteiger partial charge in [0.2, 0.25) is 5.91 Å². The molecule has 1 amide bonds. The van der Waals surface area contributed by atoms with Crippen molar-refractivity contribution in [2.45, 2.75) is 32.9 Å². The molecule has 1 atom stereocenters. The van der Waals surface area contributed by atoms with Crippen LogP contribution in [-0.4, -0.2) is 37.6 Å². The minimum atomic E-state index is -0.634. The van der Waals surface area contributed by atoms with E-state index < -0.39 is 6.04 Å². The topological polar surface area (TPSA) is 63.9 Å². The lowest BCUT2D eigenvalue weighted by Gasteiger charge is -2.27. The molecule has 0 N–H and O–H groups in total. The van der Waals surface area contributed by atoms with Crippen LogP contribution in [0, 0.1) is 12.7 Å². The molecular weight excluding hydrogens is 345 g/mol. The quantitative estimate of drug-likeness (QED) is 0.644. The molecule has 0 aliphatic carbocycles. The Morgan fingerprint density at radius 3 is 2.52 bits per heavy atom. The van der Waals surface area contributed by atoms with Crippen molar-refractivity contribution in [3.8, 4) is 0 Å². The third-order valence-corrected chi connectivity index (χ3v) is 4.47. The number of hydrogen-bond acceptors (Lipinski definition) is 4. The molecule has 3 aromatic rings. The second kappa shape index (κ2) is 8.53. The van der Waals surface area contributed by atoms with Crippen LogP contribution in [0.5, 0.6) is 0 Å². The van der Waals surface area contributed by atoms with Gasteiger partial charge in [-0.1, -0.05) is 42.5 Å². The number of rotatable bonds is 7. The minimum absolute atomic E-state index is 0.0963. The van der Waals surface area contributed by atoms with Gasteiger partial charge in [0.05, 0.1) is 0 Å². The van der Waals surface area contributed by atoms with E-state index in [4.69, 9.17) is 0 Å². The van der Waals surface area contributed by atoms with Gasteiger partial charge in [0.1, 0.15) is 17.7 Å². The van der Waals surface area contributed by atoms with Crippen molar-refractivity contribution < 1.29 is 9.18 Å². The summed E-state index contributed by atoms with van der Waals surface area (Å²) in [5.74, 6) is 0.116. The molecule has 3 rings (SSSR count). The normalized spacial score (nSPS) is 12.0. The molecule has 0 spiro atoms. The third kappa shape index (κ3) is 4.55. The summed E-state index contributed by atoms with van der Waals surface area (Å²) in [6.07, 6.45) is 0.313. The van der Waals surface area contributed by atoms with Gasteiger partial charge in [-0.25, -0.2) is 9.07 Å². The van der Waals surface area contributed by atoms with Gasteiger partial charge in [0.15, 0.2) is 0 Å². The van der Waals surface area contributed by atoms with E-state index in [9.17, 15) is 9.18 Å². The molecule has 27 heavy (non-hydrogen) atoms. The molecule has 2 aromatic carbocycles. The summed E-state index contributed by atoms with van der Waals surface area (Å²) in [5.41, 5.74) is 1.77. The van der Waals surface area contributed by atoms with Crippen LogP contribution in [-0.2, 0) is 17.8 Å². The highest BCUT2D eigenvalue weighted by Gasteiger charge is 2.28. The standard InChI is InChI=1S/C20H22FN5O/c1-3-25(14-16-8-5-4-6-9-16)20(27)19(26-15(2)22-23-24-26)13-17-10-7-11-18(21)12-17/h4-12,19H,3,13-14H2,1-2H3. The number of likely N-dealkylation sites (N-methyl/N-ethyl adjacent to an activating group) is 1. The average Bonchev–Trinajstić information content (AvgIpc) is 3.10. The Morgan fingerprint density at radius 1 is 1.15 bits per heavy atom. The number of carbonyl (C=O) groups is 1. The molecule has 0 radical (unpaired) electrons. The Bertz CT molecular complexity index is 896. The van der Waals surface area contributed by atoms with E-state index in [-0.39, 0.29) is 11.7 Å². The van der Waals surface area contributed by atoms with Gasteiger partial charge in [0, 0.05) is 19.5 Å². The van der Waals surface area contributed by atoms with Crippen LogP contribution in [0.15, 0.2) is 54.6 Å².